The average Bonchev–Trinajstić information content (AvgIpc) is 2.86. The van der Waals surface area contributed by atoms with Gasteiger partial charge in [-0.2, -0.15) is 5.10 Å². The molecule has 0 bridgehead atoms. The second-order valence-corrected chi connectivity index (χ2v) is 4.86. The molecular formula is C15H20FN3O. The van der Waals surface area contributed by atoms with Crippen LogP contribution in [0.2, 0.25) is 0 Å². The van der Waals surface area contributed by atoms with Gasteiger partial charge in [-0.1, -0.05) is 12.1 Å². The van der Waals surface area contributed by atoms with Crippen molar-refractivity contribution < 1.29 is 9.13 Å². The first-order valence-corrected chi connectivity index (χ1v) is 6.70. The van der Waals surface area contributed by atoms with E-state index >= 15 is 0 Å². The molecule has 5 heteroatoms. The first-order chi connectivity index (χ1) is 9.67. The molecule has 1 heterocycles. The summed E-state index contributed by atoms with van der Waals surface area (Å²) in [7, 11) is 1.67. The van der Waals surface area contributed by atoms with E-state index in [0.717, 1.165) is 24.2 Å². The quantitative estimate of drug-likeness (QED) is 0.845. The maximum Gasteiger partial charge on any atom is 0.123 e. The molecule has 1 atom stereocenters. The Balaban J connectivity index is 1.86. The Bertz CT molecular complexity index is 524. The molecule has 1 N–H and O–H groups in total. The predicted octanol–water partition coefficient (Wildman–Crippen LogP) is 2.71. The Morgan fingerprint density at radius 1 is 1.35 bits per heavy atom. The van der Waals surface area contributed by atoms with Gasteiger partial charge in [0.25, 0.3) is 0 Å². The lowest BCUT2D eigenvalue weighted by Gasteiger charge is -2.13. The molecule has 0 aliphatic rings. The van der Waals surface area contributed by atoms with Crippen molar-refractivity contribution >= 4 is 5.69 Å². The van der Waals surface area contributed by atoms with Crippen LogP contribution in [0.5, 0.6) is 0 Å². The van der Waals surface area contributed by atoms with E-state index in [-0.39, 0.29) is 11.9 Å². The first-order valence-electron chi connectivity index (χ1n) is 6.70. The van der Waals surface area contributed by atoms with Crippen molar-refractivity contribution in [3.05, 3.63) is 48.0 Å². The van der Waals surface area contributed by atoms with Gasteiger partial charge in [0, 0.05) is 19.3 Å². The number of halogens is 1. The summed E-state index contributed by atoms with van der Waals surface area (Å²) in [5.74, 6) is -0.200. The zero-order valence-electron chi connectivity index (χ0n) is 11.8. The Morgan fingerprint density at radius 3 is 2.80 bits per heavy atom. The third kappa shape index (κ3) is 4.35. The summed E-state index contributed by atoms with van der Waals surface area (Å²) in [5, 5.41) is 7.63. The summed E-state index contributed by atoms with van der Waals surface area (Å²) in [4.78, 5) is 0. The summed E-state index contributed by atoms with van der Waals surface area (Å²) in [6, 6.07) is 6.86. The van der Waals surface area contributed by atoms with Crippen molar-refractivity contribution in [3.63, 3.8) is 0 Å². The van der Waals surface area contributed by atoms with Crippen molar-refractivity contribution in [2.45, 2.75) is 25.9 Å². The lowest BCUT2D eigenvalue weighted by Crippen LogP contribution is -2.17. The summed E-state index contributed by atoms with van der Waals surface area (Å²) < 4.78 is 19.7. The molecule has 1 unspecified atom stereocenters. The lowest BCUT2D eigenvalue weighted by atomic mass is 10.1. The zero-order valence-corrected chi connectivity index (χ0v) is 11.8. The Labute approximate surface area is 118 Å². The molecule has 2 rings (SSSR count). The highest BCUT2D eigenvalue weighted by Gasteiger charge is 2.05. The number of aromatic nitrogens is 2. The van der Waals surface area contributed by atoms with E-state index < -0.39 is 0 Å². The fourth-order valence-corrected chi connectivity index (χ4v) is 2.05. The fraction of sp³-hybridized carbons (Fsp3) is 0.400. The minimum Gasteiger partial charge on any atom is -0.383 e. The van der Waals surface area contributed by atoms with Gasteiger partial charge < -0.3 is 10.1 Å². The van der Waals surface area contributed by atoms with E-state index in [1.807, 2.05) is 23.0 Å². The summed E-state index contributed by atoms with van der Waals surface area (Å²) in [6.07, 6.45) is 4.60. The van der Waals surface area contributed by atoms with Gasteiger partial charge >= 0.3 is 0 Å². The number of ether oxygens (including phenoxy) is 1. The van der Waals surface area contributed by atoms with E-state index in [1.165, 1.54) is 12.1 Å². The van der Waals surface area contributed by atoms with Gasteiger partial charge in [0.05, 0.1) is 25.0 Å². The van der Waals surface area contributed by atoms with Gasteiger partial charge in [0.15, 0.2) is 0 Å². The standard InChI is InChI=1S/C15H20FN3O/c1-12(9-13-3-5-14(16)6-4-13)18-15-10-17-19(11-15)7-8-20-2/h3-6,10-12,18H,7-9H2,1-2H3. The Kier molecular flexibility index (Phi) is 5.12. The van der Waals surface area contributed by atoms with Gasteiger partial charge in [-0.05, 0) is 31.0 Å². The molecule has 0 saturated heterocycles. The van der Waals surface area contributed by atoms with Crippen LogP contribution in [0.4, 0.5) is 10.1 Å². The molecule has 0 amide bonds. The molecular weight excluding hydrogens is 257 g/mol. The number of rotatable bonds is 7. The van der Waals surface area contributed by atoms with Gasteiger partial charge in [0.2, 0.25) is 0 Å². The van der Waals surface area contributed by atoms with Crippen LogP contribution < -0.4 is 5.32 Å². The first kappa shape index (κ1) is 14.5. The largest absolute Gasteiger partial charge is 0.383 e. The molecule has 1 aromatic carbocycles. The molecule has 2 aromatic rings. The van der Waals surface area contributed by atoms with Crippen LogP contribution in [0.1, 0.15) is 12.5 Å². The highest BCUT2D eigenvalue weighted by molar-refractivity contribution is 5.39. The highest BCUT2D eigenvalue weighted by atomic mass is 19.1. The minimum absolute atomic E-state index is 0.200. The smallest absolute Gasteiger partial charge is 0.123 e. The van der Waals surface area contributed by atoms with Crippen molar-refractivity contribution in [3.8, 4) is 0 Å². The van der Waals surface area contributed by atoms with Gasteiger partial charge in [0.1, 0.15) is 5.82 Å². The summed E-state index contributed by atoms with van der Waals surface area (Å²) in [6.45, 7) is 3.48. The number of hydrogen-bond donors (Lipinski definition) is 1. The van der Waals surface area contributed by atoms with Crippen LogP contribution in [-0.2, 0) is 17.7 Å². The monoisotopic (exact) mass is 277 g/mol. The van der Waals surface area contributed by atoms with Crippen LogP contribution in [0.3, 0.4) is 0 Å². The number of methoxy groups -OCH3 is 1. The van der Waals surface area contributed by atoms with E-state index in [1.54, 1.807) is 13.3 Å². The number of nitrogens with zero attached hydrogens (tertiary/aromatic N) is 2. The number of hydrogen-bond acceptors (Lipinski definition) is 3. The van der Waals surface area contributed by atoms with Crippen molar-refractivity contribution in [2.24, 2.45) is 0 Å². The topological polar surface area (TPSA) is 39.1 Å². The summed E-state index contributed by atoms with van der Waals surface area (Å²) >= 11 is 0. The molecule has 0 aliphatic carbocycles. The molecule has 20 heavy (non-hydrogen) atoms. The maximum atomic E-state index is 12.8. The van der Waals surface area contributed by atoms with E-state index in [2.05, 4.69) is 17.3 Å². The molecule has 108 valence electrons. The molecule has 0 spiro atoms. The molecule has 0 fully saturated rings. The number of benzene rings is 1. The minimum atomic E-state index is -0.200. The molecule has 0 radical (unpaired) electrons. The van der Waals surface area contributed by atoms with E-state index in [4.69, 9.17) is 4.74 Å². The normalized spacial score (nSPS) is 12.3. The van der Waals surface area contributed by atoms with E-state index in [9.17, 15) is 4.39 Å². The summed E-state index contributed by atoms with van der Waals surface area (Å²) in [5.41, 5.74) is 2.09. The molecule has 0 saturated carbocycles. The van der Waals surface area contributed by atoms with Crippen LogP contribution in [0.25, 0.3) is 0 Å². The predicted molar refractivity (Wildman–Crippen MR) is 77.3 cm³/mol. The van der Waals surface area contributed by atoms with Gasteiger partial charge in [-0.25, -0.2) is 4.39 Å². The fourth-order valence-electron chi connectivity index (χ4n) is 2.05. The SMILES string of the molecule is COCCn1cc(NC(C)Cc2ccc(F)cc2)cn1. The average molecular weight is 277 g/mol. The van der Waals surface area contributed by atoms with Crippen LogP contribution in [-0.4, -0.2) is 29.5 Å². The van der Waals surface area contributed by atoms with Crippen molar-refractivity contribution in [2.75, 3.05) is 19.0 Å². The maximum absolute atomic E-state index is 12.8. The van der Waals surface area contributed by atoms with Crippen LogP contribution >= 0.6 is 0 Å². The van der Waals surface area contributed by atoms with Crippen LogP contribution in [0, 0.1) is 5.82 Å². The Hall–Kier alpha value is -1.88. The van der Waals surface area contributed by atoms with Gasteiger partial charge in [-0.15, -0.1) is 0 Å². The zero-order chi connectivity index (χ0) is 14.4. The van der Waals surface area contributed by atoms with Crippen molar-refractivity contribution in [1.29, 1.82) is 0 Å². The molecule has 1 aromatic heterocycles. The Morgan fingerprint density at radius 2 is 2.10 bits per heavy atom. The number of nitrogens with one attached hydrogen (secondary N) is 1. The highest BCUT2D eigenvalue weighted by Crippen LogP contribution is 2.11. The van der Waals surface area contributed by atoms with Gasteiger partial charge in [-0.3, -0.25) is 4.68 Å². The van der Waals surface area contributed by atoms with E-state index in [0.29, 0.717) is 6.61 Å². The second-order valence-electron chi connectivity index (χ2n) is 4.86. The third-order valence-electron chi connectivity index (χ3n) is 3.03. The molecule has 0 aliphatic heterocycles. The van der Waals surface area contributed by atoms with Crippen molar-refractivity contribution in [1.82, 2.24) is 9.78 Å². The number of anilines is 1. The molecule has 4 nitrogen and oxygen atoms in total. The second kappa shape index (κ2) is 7.05. The third-order valence-corrected chi connectivity index (χ3v) is 3.03. The lowest BCUT2D eigenvalue weighted by molar-refractivity contribution is 0.183. The van der Waals surface area contributed by atoms with Crippen LogP contribution in [0.15, 0.2) is 36.7 Å².